The van der Waals surface area contributed by atoms with Gasteiger partial charge < -0.3 is 10.2 Å². The van der Waals surface area contributed by atoms with E-state index in [1.165, 1.54) is 21.2 Å². The molecular weight excluding hydrogens is 352 g/mol. The second-order valence-electron chi connectivity index (χ2n) is 6.89. The third kappa shape index (κ3) is 4.90. The van der Waals surface area contributed by atoms with Gasteiger partial charge in [-0.15, -0.1) is 11.8 Å². The summed E-state index contributed by atoms with van der Waals surface area (Å²) < 4.78 is 0. The van der Waals surface area contributed by atoms with Crippen molar-refractivity contribution in [2.24, 2.45) is 0 Å². The highest BCUT2D eigenvalue weighted by atomic mass is 32.2. The van der Waals surface area contributed by atoms with Crippen LogP contribution in [0.2, 0.25) is 0 Å². The number of thioether (sulfide) groups is 1. The van der Waals surface area contributed by atoms with Gasteiger partial charge in [0.05, 0.1) is 0 Å². The van der Waals surface area contributed by atoms with E-state index in [1.807, 2.05) is 7.05 Å². The van der Waals surface area contributed by atoms with E-state index in [-0.39, 0.29) is 11.9 Å². The first-order valence-corrected chi connectivity index (χ1v) is 10.5. The smallest absolute Gasteiger partial charge is 0.277 e. The first-order chi connectivity index (χ1) is 13.1. The Balaban J connectivity index is 1.58. The lowest BCUT2D eigenvalue weighted by molar-refractivity contribution is -0.682. The van der Waals surface area contributed by atoms with E-state index in [2.05, 4.69) is 85.2 Å². The molecule has 0 unspecified atom stereocenters. The third-order valence-corrected chi connectivity index (χ3v) is 5.71. The van der Waals surface area contributed by atoms with E-state index in [1.54, 1.807) is 16.7 Å². The first kappa shape index (κ1) is 19.5. The molecule has 1 amide bonds. The average molecular weight is 380 g/mol. The zero-order valence-corrected chi connectivity index (χ0v) is 17.0. The van der Waals surface area contributed by atoms with Crippen LogP contribution in [0.4, 0.5) is 0 Å². The van der Waals surface area contributed by atoms with Crippen molar-refractivity contribution in [3.05, 3.63) is 77.9 Å². The minimum Gasteiger partial charge on any atom is -0.337 e. The molecule has 0 saturated carbocycles. The topological polar surface area (TPSA) is 36.9 Å². The van der Waals surface area contributed by atoms with E-state index in [4.69, 9.17) is 0 Å². The molecular formula is C23H27N2OS+. The van der Waals surface area contributed by atoms with E-state index in [0.717, 1.165) is 5.56 Å². The summed E-state index contributed by atoms with van der Waals surface area (Å²) in [4.78, 5) is 15.6. The molecule has 0 saturated heterocycles. The van der Waals surface area contributed by atoms with Gasteiger partial charge in [-0.05, 0) is 41.6 Å². The van der Waals surface area contributed by atoms with Crippen molar-refractivity contribution in [1.29, 1.82) is 0 Å². The van der Waals surface area contributed by atoms with Crippen LogP contribution in [0.3, 0.4) is 0 Å². The molecule has 2 N–H and O–H groups in total. The summed E-state index contributed by atoms with van der Waals surface area (Å²) in [5, 5.41) is 4.63. The molecule has 3 rings (SSSR count). The van der Waals surface area contributed by atoms with E-state index in [0.29, 0.717) is 13.1 Å². The monoisotopic (exact) mass is 379 g/mol. The van der Waals surface area contributed by atoms with E-state index >= 15 is 0 Å². The molecule has 0 aromatic heterocycles. The summed E-state index contributed by atoms with van der Waals surface area (Å²) in [5.41, 5.74) is 2.43. The summed E-state index contributed by atoms with van der Waals surface area (Å²) in [5.74, 6) is 0.149. The highest BCUT2D eigenvalue weighted by Crippen LogP contribution is 2.22. The number of hydrogen-bond donors (Lipinski definition) is 1. The zero-order valence-electron chi connectivity index (χ0n) is 16.2. The van der Waals surface area contributed by atoms with Crippen molar-refractivity contribution in [3.8, 4) is 0 Å². The molecule has 0 heterocycles. The van der Waals surface area contributed by atoms with Gasteiger partial charge in [-0.25, -0.2) is 0 Å². The Morgan fingerprint density at radius 2 is 1.74 bits per heavy atom. The highest BCUT2D eigenvalue weighted by molar-refractivity contribution is 7.98. The number of hydrogen-bond acceptors (Lipinski definition) is 2. The Kier molecular flexibility index (Phi) is 6.54. The van der Waals surface area contributed by atoms with Crippen molar-refractivity contribution in [1.82, 2.24) is 4.90 Å². The second kappa shape index (κ2) is 9.07. The van der Waals surface area contributed by atoms with Gasteiger partial charge in [0.1, 0.15) is 6.04 Å². The van der Waals surface area contributed by atoms with Gasteiger partial charge >= 0.3 is 0 Å². The summed E-state index contributed by atoms with van der Waals surface area (Å²) in [6.45, 7) is 3.25. The van der Waals surface area contributed by atoms with Crippen molar-refractivity contribution < 1.29 is 10.1 Å². The van der Waals surface area contributed by atoms with Crippen molar-refractivity contribution in [3.63, 3.8) is 0 Å². The predicted molar refractivity (Wildman–Crippen MR) is 114 cm³/mol. The van der Waals surface area contributed by atoms with Crippen LogP contribution in [0, 0.1) is 0 Å². The standard InChI is InChI=1S/C23H26N2OS/c1-17(21-10-6-8-19-7-4-5-9-22(19)21)24-15-23(26)25(2)16-18-11-13-20(27-3)14-12-18/h4-14,17,24H,15-16H2,1-3H3/p+1/t17-/m0/s1. The number of rotatable bonds is 7. The van der Waals surface area contributed by atoms with Gasteiger partial charge in [0.15, 0.2) is 6.54 Å². The molecule has 0 aliphatic heterocycles. The van der Waals surface area contributed by atoms with Gasteiger partial charge in [0.25, 0.3) is 5.91 Å². The number of amides is 1. The van der Waals surface area contributed by atoms with Crippen LogP contribution in [0.25, 0.3) is 10.8 Å². The molecule has 4 heteroatoms. The molecule has 140 valence electrons. The number of nitrogens with zero attached hydrogens (tertiary/aromatic N) is 1. The van der Waals surface area contributed by atoms with Crippen molar-refractivity contribution in [2.45, 2.75) is 24.4 Å². The lowest BCUT2D eigenvalue weighted by Gasteiger charge is -2.19. The van der Waals surface area contributed by atoms with E-state index < -0.39 is 0 Å². The summed E-state index contributed by atoms with van der Waals surface area (Å²) in [7, 11) is 1.88. The lowest BCUT2D eigenvalue weighted by atomic mass is 10.00. The number of quaternary nitrogens is 1. The maximum atomic E-state index is 12.6. The number of likely N-dealkylation sites (N-methyl/N-ethyl adjacent to an activating group) is 1. The minimum absolute atomic E-state index is 0.149. The van der Waals surface area contributed by atoms with Crippen molar-refractivity contribution >= 4 is 28.4 Å². The number of carbonyl (C=O) groups is 1. The molecule has 3 nitrogen and oxygen atoms in total. The van der Waals surface area contributed by atoms with Gasteiger partial charge in [-0.1, -0.05) is 54.6 Å². The first-order valence-electron chi connectivity index (χ1n) is 9.26. The van der Waals surface area contributed by atoms with Crippen LogP contribution in [0.15, 0.2) is 71.6 Å². The molecule has 3 aromatic rings. The van der Waals surface area contributed by atoms with Crippen LogP contribution in [0.1, 0.15) is 24.1 Å². The van der Waals surface area contributed by atoms with Gasteiger partial charge in [-0.3, -0.25) is 4.79 Å². The average Bonchev–Trinajstić information content (AvgIpc) is 2.71. The van der Waals surface area contributed by atoms with Gasteiger partial charge in [0, 0.05) is 24.1 Å². The maximum absolute atomic E-state index is 12.6. The SMILES string of the molecule is CSc1ccc(CN(C)C(=O)C[NH2+][C@@H](C)c2cccc3ccccc23)cc1. The molecule has 0 aliphatic rings. The molecule has 27 heavy (non-hydrogen) atoms. The van der Waals surface area contributed by atoms with Crippen LogP contribution >= 0.6 is 11.8 Å². The normalized spacial score (nSPS) is 12.1. The Bertz CT molecular complexity index is 902. The molecule has 0 radical (unpaired) electrons. The van der Waals surface area contributed by atoms with Crippen LogP contribution in [0.5, 0.6) is 0 Å². The lowest BCUT2D eigenvalue weighted by Crippen LogP contribution is -2.87. The number of fused-ring (bicyclic) bond motifs is 1. The summed E-state index contributed by atoms with van der Waals surface area (Å²) in [6.07, 6.45) is 2.07. The second-order valence-corrected chi connectivity index (χ2v) is 7.77. The summed E-state index contributed by atoms with van der Waals surface area (Å²) in [6, 6.07) is 23.4. The Hall–Kier alpha value is -2.30. The summed E-state index contributed by atoms with van der Waals surface area (Å²) >= 11 is 1.73. The Labute approximate surface area is 165 Å². The molecule has 0 fully saturated rings. The molecule has 0 bridgehead atoms. The van der Waals surface area contributed by atoms with Crippen LogP contribution in [-0.2, 0) is 11.3 Å². The van der Waals surface area contributed by atoms with E-state index in [9.17, 15) is 4.79 Å². The zero-order chi connectivity index (χ0) is 19.2. The van der Waals surface area contributed by atoms with Gasteiger partial charge in [0.2, 0.25) is 0 Å². The fourth-order valence-corrected chi connectivity index (χ4v) is 3.71. The van der Waals surface area contributed by atoms with Crippen LogP contribution < -0.4 is 5.32 Å². The molecule has 3 aromatic carbocycles. The third-order valence-electron chi connectivity index (χ3n) is 4.96. The fraction of sp³-hybridized carbons (Fsp3) is 0.261. The van der Waals surface area contributed by atoms with Crippen molar-refractivity contribution in [2.75, 3.05) is 19.8 Å². The minimum atomic E-state index is 0.149. The number of nitrogens with two attached hydrogens (primary N) is 1. The quantitative estimate of drug-likeness (QED) is 0.633. The largest absolute Gasteiger partial charge is 0.337 e. The number of benzene rings is 3. The predicted octanol–water partition coefficient (Wildman–Crippen LogP) is 3.84. The highest BCUT2D eigenvalue weighted by Gasteiger charge is 2.16. The Morgan fingerprint density at radius 3 is 2.48 bits per heavy atom. The number of carbonyl (C=O) groups excluding carboxylic acids is 1. The maximum Gasteiger partial charge on any atom is 0.277 e. The van der Waals surface area contributed by atoms with Crippen LogP contribution in [-0.4, -0.2) is 30.7 Å². The molecule has 0 aliphatic carbocycles. The fourth-order valence-electron chi connectivity index (χ4n) is 3.30. The molecule has 0 spiro atoms. The Morgan fingerprint density at radius 1 is 1.04 bits per heavy atom. The molecule has 1 atom stereocenters. The van der Waals surface area contributed by atoms with Gasteiger partial charge in [-0.2, -0.15) is 0 Å².